The van der Waals surface area contributed by atoms with Crippen molar-refractivity contribution in [1.29, 1.82) is 0 Å². The fourth-order valence-electron chi connectivity index (χ4n) is 4.73. The van der Waals surface area contributed by atoms with Gasteiger partial charge in [-0.3, -0.25) is 0 Å². The van der Waals surface area contributed by atoms with Gasteiger partial charge in [-0.1, -0.05) is 0 Å². The second-order valence-corrected chi connectivity index (χ2v) is 26.1. The normalized spacial score (nSPS) is 31.4. The van der Waals surface area contributed by atoms with Crippen molar-refractivity contribution in [3.63, 3.8) is 0 Å². The van der Waals surface area contributed by atoms with Crippen LogP contribution in [0.15, 0.2) is 95.2 Å². The average Bonchev–Trinajstić information content (AvgIpc) is 3.10. The van der Waals surface area contributed by atoms with Gasteiger partial charge in [0.25, 0.3) is 0 Å². The molecular weight excluding hydrogens is 408 g/mol. The summed E-state index contributed by atoms with van der Waals surface area (Å²) in [5.41, 5.74) is 6.16. The summed E-state index contributed by atoms with van der Waals surface area (Å²) in [5.74, 6) is 1.09. The summed E-state index contributed by atoms with van der Waals surface area (Å²) in [6.07, 6.45) is 28.6. The summed E-state index contributed by atoms with van der Waals surface area (Å²) in [4.78, 5) is 0. The molecule has 4 aliphatic rings. The van der Waals surface area contributed by atoms with E-state index in [0.717, 1.165) is 7.25 Å². The van der Waals surface area contributed by atoms with Crippen molar-refractivity contribution >= 4 is 5.43 Å². The van der Waals surface area contributed by atoms with E-state index in [-0.39, 0.29) is 5.43 Å². The molecular formula is C24H28SiZr. The maximum absolute atomic E-state index is 2.59. The molecule has 0 amide bonds. The van der Waals surface area contributed by atoms with E-state index < -0.39 is 20.4 Å². The van der Waals surface area contributed by atoms with Gasteiger partial charge < -0.3 is 0 Å². The van der Waals surface area contributed by atoms with Crippen molar-refractivity contribution in [2.24, 2.45) is 11.8 Å². The third-order valence-corrected chi connectivity index (χ3v) is 25.2. The van der Waals surface area contributed by atoms with Gasteiger partial charge in [-0.25, -0.2) is 0 Å². The molecule has 0 heterocycles. The number of hydrogen-bond donors (Lipinski definition) is 0. The molecule has 0 nitrogen and oxygen atoms in total. The predicted molar refractivity (Wildman–Crippen MR) is 112 cm³/mol. The van der Waals surface area contributed by atoms with E-state index in [4.69, 9.17) is 0 Å². The molecule has 0 radical (unpaired) electrons. The Morgan fingerprint density at radius 3 is 1.50 bits per heavy atom. The molecule has 0 aliphatic heterocycles. The summed E-state index contributed by atoms with van der Waals surface area (Å²) >= 11 is -1.76. The van der Waals surface area contributed by atoms with E-state index in [1.54, 1.807) is 22.3 Å². The van der Waals surface area contributed by atoms with Crippen molar-refractivity contribution in [1.82, 2.24) is 0 Å². The average molecular weight is 436 g/mol. The standard InChI is InChI=1S/2C11H11.C2H6Si.Zr/c2*1-9-5-2-3-6-10-7-4-8-11(9)10;1-3-2;/h2*2-9H,1H3;1-2H3;. The molecule has 0 saturated heterocycles. The fraction of sp³-hybridized carbons (Fsp3) is 0.333. The minimum absolute atomic E-state index is 0.279. The Morgan fingerprint density at radius 1 is 0.615 bits per heavy atom. The second-order valence-electron chi connectivity index (χ2n) is 8.02. The van der Waals surface area contributed by atoms with Crippen LogP contribution in [0, 0.1) is 11.8 Å². The van der Waals surface area contributed by atoms with Gasteiger partial charge in [0.1, 0.15) is 0 Å². The SMILES string of the molecule is CC1C=CC=CC2=C1C=C[CH]2[Zr]([CH]1C=CC2=C1C=CC=CC2C)=[Si](C)C. The van der Waals surface area contributed by atoms with Crippen molar-refractivity contribution < 1.29 is 20.4 Å². The van der Waals surface area contributed by atoms with Crippen molar-refractivity contribution in [3.8, 4) is 0 Å². The molecule has 4 rings (SSSR count). The monoisotopic (exact) mass is 434 g/mol. The third kappa shape index (κ3) is 3.20. The molecule has 4 atom stereocenters. The van der Waals surface area contributed by atoms with Crippen LogP contribution in [0.5, 0.6) is 0 Å². The minimum atomic E-state index is -1.76. The Kier molecular flexibility index (Phi) is 5.35. The molecule has 132 valence electrons. The first-order valence-corrected chi connectivity index (χ1v) is 18.8. The van der Waals surface area contributed by atoms with Crippen LogP contribution >= 0.6 is 0 Å². The molecule has 2 heteroatoms. The fourth-order valence-corrected chi connectivity index (χ4v) is 23.5. The van der Waals surface area contributed by atoms with Gasteiger partial charge in [0, 0.05) is 0 Å². The van der Waals surface area contributed by atoms with Crippen LogP contribution in [0.3, 0.4) is 0 Å². The Morgan fingerprint density at radius 2 is 1.08 bits per heavy atom. The molecule has 0 aromatic rings. The molecule has 4 aliphatic carbocycles. The van der Waals surface area contributed by atoms with Gasteiger partial charge in [0.05, 0.1) is 0 Å². The summed E-state index contributed by atoms with van der Waals surface area (Å²) in [7, 11) is 0. The Hall–Kier alpha value is -0.980. The van der Waals surface area contributed by atoms with Gasteiger partial charge >= 0.3 is 167 Å². The molecule has 0 spiro atoms. The zero-order valence-corrected chi connectivity index (χ0v) is 19.7. The van der Waals surface area contributed by atoms with E-state index >= 15 is 0 Å². The van der Waals surface area contributed by atoms with Gasteiger partial charge in [-0.2, -0.15) is 0 Å². The molecule has 0 aromatic heterocycles. The maximum atomic E-state index is 2.59. The zero-order chi connectivity index (χ0) is 18.3. The summed E-state index contributed by atoms with van der Waals surface area (Å²) in [6.45, 7) is 9.86. The van der Waals surface area contributed by atoms with Crippen LogP contribution in [0.25, 0.3) is 0 Å². The first-order valence-electron chi connectivity index (χ1n) is 9.79. The molecule has 0 fully saturated rings. The van der Waals surface area contributed by atoms with Crippen LogP contribution in [0.4, 0.5) is 0 Å². The van der Waals surface area contributed by atoms with Gasteiger partial charge in [0.2, 0.25) is 0 Å². The quantitative estimate of drug-likeness (QED) is 0.424. The number of allylic oxidation sites excluding steroid dienone is 16. The summed E-state index contributed by atoms with van der Waals surface area (Å²) in [5, 5.41) is 0. The number of hydrogen-bond acceptors (Lipinski definition) is 0. The van der Waals surface area contributed by atoms with Gasteiger partial charge in [-0.15, -0.1) is 0 Å². The Bertz CT molecular complexity index is 826. The first kappa shape index (κ1) is 18.4. The zero-order valence-electron chi connectivity index (χ0n) is 16.2. The van der Waals surface area contributed by atoms with Crippen molar-refractivity contribution in [2.45, 2.75) is 34.2 Å². The molecule has 0 aromatic carbocycles. The predicted octanol–water partition coefficient (Wildman–Crippen LogP) is 6.69. The Labute approximate surface area is 166 Å². The second kappa shape index (κ2) is 7.56. The third-order valence-electron chi connectivity index (χ3n) is 6.08. The Balaban J connectivity index is 1.77. The van der Waals surface area contributed by atoms with Crippen LogP contribution < -0.4 is 0 Å². The number of rotatable bonds is 2. The molecule has 0 N–H and O–H groups in total. The van der Waals surface area contributed by atoms with Crippen LogP contribution in [-0.4, -0.2) is 5.43 Å². The van der Waals surface area contributed by atoms with E-state index in [2.05, 4.69) is 99.9 Å². The van der Waals surface area contributed by atoms with E-state index in [9.17, 15) is 0 Å². The summed E-state index contributed by atoms with van der Waals surface area (Å²) in [6, 6.07) is 0. The summed E-state index contributed by atoms with van der Waals surface area (Å²) < 4.78 is 1.49. The molecule has 4 unspecified atom stereocenters. The van der Waals surface area contributed by atoms with Gasteiger partial charge in [0.15, 0.2) is 0 Å². The van der Waals surface area contributed by atoms with Crippen molar-refractivity contribution in [2.75, 3.05) is 0 Å². The van der Waals surface area contributed by atoms with Crippen molar-refractivity contribution in [3.05, 3.63) is 95.2 Å². The van der Waals surface area contributed by atoms with Crippen LogP contribution in [0.2, 0.25) is 20.3 Å². The topological polar surface area (TPSA) is 0 Å². The molecule has 0 saturated carbocycles. The van der Waals surface area contributed by atoms with Crippen LogP contribution in [0.1, 0.15) is 13.8 Å². The van der Waals surface area contributed by atoms with E-state index in [1.807, 2.05) is 0 Å². The van der Waals surface area contributed by atoms with E-state index in [1.165, 1.54) is 0 Å². The van der Waals surface area contributed by atoms with Gasteiger partial charge in [-0.05, 0) is 0 Å². The molecule has 26 heavy (non-hydrogen) atoms. The van der Waals surface area contributed by atoms with Crippen LogP contribution in [-0.2, 0) is 20.4 Å². The molecule has 0 bridgehead atoms. The first-order chi connectivity index (χ1) is 12.6. The van der Waals surface area contributed by atoms with E-state index in [0.29, 0.717) is 11.8 Å².